The lowest BCUT2D eigenvalue weighted by Crippen LogP contribution is -2.24. The summed E-state index contributed by atoms with van der Waals surface area (Å²) < 4.78 is 10.8. The van der Waals surface area contributed by atoms with Crippen molar-refractivity contribution in [3.63, 3.8) is 0 Å². The molecule has 8 heteroatoms. The number of nitro benzene ring substituents is 1. The molecule has 0 unspecified atom stereocenters. The van der Waals surface area contributed by atoms with Crippen LogP contribution in [-0.4, -0.2) is 29.8 Å². The number of Topliss-reactive ketones (excluding diaryl/α,β-unsaturated/α-hetero) is 1. The van der Waals surface area contributed by atoms with Crippen LogP contribution in [0.2, 0.25) is 0 Å². The highest BCUT2D eigenvalue weighted by molar-refractivity contribution is 6.04. The average Bonchev–Trinajstić information content (AvgIpc) is 2.79. The average molecular weight is 420 g/mol. The van der Waals surface area contributed by atoms with E-state index < -0.39 is 16.9 Å². The predicted molar refractivity (Wildman–Crippen MR) is 115 cm³/mol. The lowest BCUT2D eigenvalue weighted by molar-refractivity contribution is -0.384. The van der Waals surface area contributed by atoms with Gasteiger partial charge in [0.15, 0.2) is 6.10 Å². The molecule has 1 N–H and O–H groups in total. The minimum Gasteiger partial charge on any atom is -0.497 e. The zero-order valence-electron chi connectivity index (χ0n) is 16.9. The molecule has 1 amide bonds. The van der Waals surface area contributed by atoms with E-state index in [4.69, 9.17) is 9.47 Å². The van der Waals surface area contributed by atoms with Crippen LogP contribution in [-0.2, 0) is 0 Å². The fourth-order valence-electron chi connectivity index (χ4n) is 2.83. The Balaban J connectivity index is 1.65. The number of ether oxygens (including phenoxy) is 2. The monoisotopic (exact) mass is 420 g/mol. The van der Waals surface area contributed by atoms with E-state index in [9.17, 15) is 19.7 Å². The largest absolute Gasteiger partial charge is 0.497 e. The molecule has 8 nitrogen and oxygen atoms in total. The Bertz CT molecular complexity index is 1090. The van der Waals surface area contributed by atoms with Crippen LogP contribution in [0.15, 0.2) is 72.8 Å². The number of carbonyl (C=O) groups is 2. The number of carbonyl (C=O) groups excluding carboxylic acids is 2. The molecule has 0 aromatic heterocycles. The molecule has 0 heterocycles. The molecule has 0 spiro atoms. The number of ketones is 1. The molecule has 3 aromatic rings. The molecule has 0 aliphatic rings. The number of hydrogen-bond acceptors (Lipinski definition) is 6. The van der Waals surface area contributed by atoms with Crippen LogP contribution < -0.4 is 14.8 Å². The van der Waals surface area contributed by atoms with Gasteiger partial charge in [-0.25, -0.2) is 0 Å². The highest BCUT2D eigenvalue weighted by atomic mass is 16.6. The molecule has 0 saturated heterocycles. The fraction of sp³-hybridized carbons (Fsp3) is 0.130. The quantitative estimate of drug-likeness (QED) is 0.326. The first-order valence-electron chi connectivity index (χ1n) is 9.38. The number of nitrogens with zero attached hydrogens (tertiary/aromatic N) is 1. The van der Waals surface area contributed by atoms with Crippen molar-refractivity contribution in [3.8, 4) is 11.5 Å². The molecule has 158 valence electrons. The molecule has 0 aliphatic heterocycles. The van der Waals surface area contributed by atoms with Crippen LogP contribution in [0.3, 0.4) is 0 Å². The summed E-state index contributed by atoms with van der Waals surface area (Å²) in [7, 11) is 1.55. The Hall–Kier alpha value is -4.20. The van der Waals surface area contributed by atoms with Crippen molar-refractivity contribution in [2.45, 2.75) is 13.0 Å². The third-order valence-electron chi connectivity index (χ3n) is 4.49. The number of nitro groups is 1. The molecule has 0 fully saturated rings. The summed E-state index contributed by atoms with van der Waals surface area (Å²) in [4.78, 5) is 35.2. The number of nitrogens with one attached hydrogen (secondary N) is 1. The minimum atomic E-state index is -0.742. The lowest BCUT2D eigenvalue weighted by Gasteiger charge is -2.15. The van der Waals surface area contributed by atoms with Gasteiger partial charge in [0.05, 0.1) is 12.0 Å². The first-order valence-corrected chi connectivity index (χ1v) is 9.38. The Kier molecular flexibility index (Phi) is 6.61. The number of anilines is 1. The van der Waals surface area contributed by atoms with Crippen molar-refractivity contribution in [1.29, 1.82) is 0 Å². The second-order valence-electron chi connectivity index (χ2n) is 6.64. The third kappa shape index (κ3) is 5.45. The molecule has 3 aromatic carbocycles. The van der Waals surface area contributed by atoms with Gasteiger partial charge in [-0.15, -0.1) is 0 Å². The summed E-state index contributed by atoms with van der Waals surface area (Å²) in [5, 5.41) is 13.4. The van der Waals surface area contributed by atoms with Crippen LogP contribution in [0, 0.1) is 10.1 Å². The normalized spacial score (nSPS) is 11.3. The standard InChI is InChI=1S/C23H20N2O6/c1-15(22(26)16-8-12-20(30-2)13-9-16)31-21-5-3-4-18(14-21)24-23(27)17-6-10-19(11-7-17)25(28)29/h3-15H,1-2H3,(H,24,27)/t15-/m1/s1. The van der Waals surface area contributed by atoms with Crippen LogP contribution in [0.25, 0.3) is 0 Å². The predicted octanol–water partition coefficient (Wildman–Crippen LogP) is 4.51. The Morgan fingerprint density at radius 3 is 2.19 bits per heavy atom. The third-order valence-corrected chi connectivity index (χ3v) is 4.49. The Morgan fingerprint density at radius 1 is 0.935 bits per heavy atom. The maximum Gasteiger partial charge on any atom is 0.269 e. The number of hydrogen-bond donors (Lipinski definition) is 1. The first-order chi connectivity index (χ1) is 14.9. The van der Waals surface area contributed by atoms with E-state index in [0.717, 1.165) is 0 Å². The summed E-state index contributed by atoms with van der Waals surface area (Å²) in [6, 6.07) is 18.7. The van der Waals surface area contributed by atoms with E-state index in [-0.39, 0.29) is 17.0 Å². The van der Waals surface area contributed by atoms with Gasteiger partial charge in [-0.3, -0.25) is 19.7 Å². The van der Waals surface area contributed by atoms with E-state index in [1.807, 2.05) is 0 Å². The second-order valence-corrected chi connectivity index (χ2v) is 6.64. The van der Waals surface area contributed by atoms with Crippen molar-refractivity contribution in [2.24, 2.45) is 0 Å². The van der Waals surface area contributed by atoms with Gasteiger partial charge in [-0.05, 0) is 55.5 Å². The number of amides is 1. The van der Waals surface area contributed by atoms with Crippen LogP contribution in [0.1, 0.15) is 27.6 Å². The topological polar surface area (TPSA) is 108 Å². The van der Waals surface area contributed by atoms with Gasteiger partial charge in [-0.2, -0.15) is 0 Å². The van der Waals surface area contributed by atoms with Gasteiger partial charge in [0.1, 0.15) is 11.5 Å². The van der Waals surface area contributed by atoms with Gasteiger partial charge in [0, 0.05) is 35.0 Å². The van der Waals surface area contributed by atoms with Crippen molar-refractivity contribution in [1.82, 2.24) is 0 Å². The number of non-ortho nitro benzene ring substituents is 1. The van der Waals surface area contributed by atoms with Crippen LogP contribution in [0.4, 0.5) is 11.4 Å². The zero-order valence-corrected chi connectivity index (χ0v) is 16.9. The summed E-state index contributed by atoms with van der Waals surface area (Å²) in [6.45, 7) is 1.65. The Morgan fingerprint density at radius 2 is 1.58 bits per heavy atom. The molecule has 0 saturated carbocycles. The smallest absolute Gasteiger partial charge is 0.269 e. The SMILES string of the molecule is COc1ccc(C(=O)[C@@H](C)Oc2cccc(NC(=O)c3ccc([N+](=O)[O-])cc3)c2)cc1. The maximum atomic E-state index is 12.6. The first kappa shape index (κ1) is 21.5. The molecule has 3 rings (SSSR count). The van der Waals surface area contributed by atoms with Gasteiger partial charge in [-0.1, -0.05) is 6.07 Å². The second kappa shape index (κ2) is 9.53. The van der Waals surface area contributed by atoms with E-state index >= 15 is 0 Å². The summed E-state index contributed by atoms with van der Waals surface area (Å²) in [5.41, 5.74) is 1.14. The van der Waals surface area contributed by atoms with E-state index in [0.29, 0.717) is 22.7 Å². The molecule has 31 heavy (non-hydrogen) atoms. The summed E-state index contributed by atoms with van der Waals surface area (Å²) in [5.74, 6) is 0.454. The number of methoxy groups -OCH3 is 1. The molecule has 0 bridgehead atoms. The summed E-state index contributed by atoms with van der Waals surface area (Å²) in [6.07, 6.45) is -0.742. The highest BCUT2D eigenvalue weighted by Crippen LogP contribution is 2.21. The number of rotatable bonds is 8. The van der Waals surface area contributed by atoms with Crippen molar-refractivity contribution in [2.75, 3.05) is 12.4 Å². The van der Waals surface area contributed by atoms with Gasteiger partial charge < -0.3 is 14.8 Å². The lowest BCUT2D eigenvalue weighted by atomic mass is 10.1. The molecular weight excluding hydrogens is 400 g/mol. The molecule has 0 aliphatic carbocycles. The fourth-order valence-corrected chi connectivity index (χ4v) is 2.83. The van der Waals surface area contributed by atoms with E-state index in [1.54, 1.807) is 62.6 Å². The van der Waals surface area contributed by atoms with Crippen LogP contribution >= 0.6 is 0 Å². The van der Waals surface area contributed by atoms with Gasteiger partial charge in [0.2, 0.25) is 5.78 Å². The van der Waals surface area contributed by atoms with Crippen LogP contribution in [0.5, 0.6) is 11.5 Å². The van der Waals surface area contributed by atoms with E-state index in [2.05, 4.69) is 5.32 Å². The highest BCUT2D eigenvalue weighted by Gasteiger charge is 2.17. The van der Waals surface area contributed by atoms with Crippen molar-refractivity contribution >= 4 is 23.1 Å². The van der Waals surface area contributed by atoms with Crippen molar-refractivity contribution in [3.05, 3.63) is 94.0 Å². The van der Waals surface area contributed by atoms with Gasteiger partial charge in [0.25, 0.3) is 11.6 Å². The molecular formula is C23H20N2O6. The zero-order chi connectivity index (χ0) is 22.4. The molecule has 1 atom stereocenters. The maximum absolute atomic E-state index is 12.6. The van der Waals surface area contributed by atoms with Crippen molar-refractivity contribution < 1.29 is 24.0 Å². The Labute approximate surface area is 178 Å². The van der Waals surface area contributed by atoms with Gasteiger partial charge >= 0.3 is 0 Å². The molecule has 0 radical (unpaired) electrons. The number of benzene rings is 3. The minimum absolute atomic E-state index is 0.0949. The summed E-state index contributed by atoms with van der Waals surface area (Å²) >= 11 is 0. The van der Waals surface area contributed by atoms with E-state index in [1.165, 1.54) is 24.3 Å².